The number of amides is 2. The minimum atomic E-state index is -1.24. The van der Waals surface area contributed by atoms with E-state index < -0.39 is 22.7 Å². The SMILES string of the molecule is B[C@]1(n2c(C)nc3cc(F)cc(NC(C)C)c3c2=O)CCC(=O)NC1=O. The molecule has 2 amide bonds. The smallest absolute Gasteiger partial charge is 0.263 e. The van der Waals surface area contributed by atoms with Gasteiger partial charge in [-0.1, -0.05) is 0 Å². The molecule has 1 saturated heterocycles. The first-order valence-electron chi connectivity index (χ1n) is 8.47. The van der Waals surface area contributed by atoms with Gasteiger partial charge in [-0.15, -0.1) is 0 Å². The number of rotatable bonds is 3. The van der Waals surface area contributed by atoms with Crippen molar-refractivity contribution in [2.75, 3.05) is 5.32 Å². The van der Waals surface area contributed by atoms with E-state index in [1.165, 1.54) is 16.7 Å². The summed E-state index contributed by atoms with van der Waals surface area (Å²) in [5.74, 6) is -1.12. The number of imide groups is 1. The van der Waals surface area contributed by atoms with E-state index in [0.717, 1.165) is 0 Å². The zero-order chi connectivity index (χ0) is 19.2. The molecule has 136 valence electrons. The Hall–Kier alpha value is -2.71. The maximum atomic E-state index is 14.0. The average molecular weight is 358 g/mol. The number of aryl methyl sites for hydroxylation is 1. The molecule has 2 aromatic rings. The van der Waals surface area contributed by atoms with Crippen molar-refractivity contribution in [2.24, 2.45) is 0 Å². The minimum Gasteiger partial charge on any atom is -0.382 e. The van der Waals surface area contributed by atoms with Gasteiger partial charge in [-0.05, 0) is 33.3 Å². The molecule has 1 aliphatic heterocycles. The number of anilines is 1. The van der Waals surface area contributed by atoms with Crippen LogP contribution in [-0.2, 0) is 15.0 Å². The Bertz CT molecular complexity index is 988. The van der Waals surface area contributed by atoms with Crippen LogP contribution in [0.3, 0.4) is 0 Å². The van der Waals surface area contributed by atoms with Gasteiger partial charge in [0.1, 0.15) is 19.5 Å². The van der Waals surface area contributed by atoms with Crippen LogP contribution in [0.4, 0.5) is 10.1 Å². The lowest BCUT2D eigenvalue weighted by Gasteiger charge is -2.35. The van der Waals surface area contributed by atoms with Crippen LogP contribution in [0.15, 0.2) is 16.9 Å². The summed E-state index contributed by atoms with van der Waals surface area (Å²) in [7, 11) is 1.61. The monoisotopic (exact) mass is 358 g/mol. The van der Waals surface area contributed by atoms with Crippen LogP contribution >= 0.6 is 0 Å². The molecular weight excluding hydrogens is 338 g/mol. The van der Waals surface area contributed by atoms with Gasteiger partial charge in [0.25, 0.3) is 5.56 Å². The predicted molar refractivity (Wildman–Crippen MR) is 98.4 cm³/mol. The first-order chi connectivity index (χ1) is 12.1. The van der Waals surface area contributed by atoms with E-state index in [1.807, 2.05) is 13.8 Å². The zero-order valence-electron chi connectivity index (χ0n) is 15.1. The zero-order valence-corrected chi connectivity index (χ0v) is 15.1. The second-order valence-electron chi connectivity index (χ2n) is 7.10. The van der Waals surface area contributed by atoms with Gasteiger partial charge in [-0.25, -0.2) is 9.37 Å². The van der Waals surface area contributed by atoms with Gasteiger partial charge in [0.05, 0.1) is 22.0 Å². The second-order valence-corrected chi connectivity index (χ2v) is 7.10. The molecule has 9 heteroatoms. The van der Waals surface area contributed by atoms with Crippen molar-refractivity contribution < 1.29 is 14.0 Å². The summed E-state index contributed by atoms with van der Waals surface area (Å²) < 4.78 is 15.3. The van der Waals surface area contributed by atoms with Crippen molar-refractivity contribution in [3.05, 3.63) is 34.1 Å². The Morgan fingerprint density at radius 3 is 2.65 bits per heavy atom. The van der Waals surface area contributed by atoms with Crippen molar-refractivity contribution in [1.29, 1.82) is 0 Å². The number of hydrogen-bond acceptors (Lipinski definition) is 5. The third-order valence-corrected chi connectivity index (χ3v) is 4.62. The van der Waals surface area contributed by atoms with Crippen molar-refractivity contribution in [2.45, 2.75) is 45.1 Å². The number of aromatic nitrogens is 2. The Morgan fingerprint density at radius 2 is 2.04 bits per heavy atom. The van der Waals surface area contributed by atoms with E-state index >= 15 is 0 Å². The van der Waals surface area contributed by atoms with Crippen LogP contribution in [0.25, 0.3) is 10.9 Å². The molecule has 0 aliphatic carbocycles. The Morgan fingerprint density at radius 1 is 1.35 bits per heavy atom. The van der Waals surface area contributed by atoms with Gasteiger partial charge in [-0.2, -0.15) is 0 Å². The van der Waals surface area contributed by atoms with Gasteiger partial charge in [0.15, 0.2) is 0 Å². The maximum absolute atomic E-state index is 14.0. The Labute approximate surface area is 150 Å². The molecule has 7 nitrogen and oxygen atoms in total. The summed E-state index contributed by atoms with van der Waals surface area (Å²) in [5, 5.41) is 5.57. The molecule has 26 heavy (non-hydrogen) atoms. The van der Waals surface area contributed by atoms with Crippen LogP contribution in [0.2, 0.25) is 0 Å². The van der Waals surface area contributed by atoms with Gasteiger partial charge in [-0.3, -0.25) is 24.3 Å². The molecule has 0 bridgehead atoms. The van der Waals surface area contributed by atoms with Crippen molar-refractivity contribution in [3.8, 4) is 0 Å². The number of piperidine rings is 1. The number of nitrogens with zero attached hydrogens (tertiary/aromatic N) is 2. The molecule has 0 spiro atoms. The summed E-state index contributed by atoms with van der Waals surface area (Å²) in [6.45, 7) is 5.34. The largest absolute Gasteiger partial charge is 0.382 e. The van der Waals surface area contributed by atoms with E-state index in [-0.39, 0.29) is 41.5 Å². The molecule has 2 N–H and O–H groups in total. The molecule has 0 unspecified atom stereocenters. The molecule has 1 aromatic heterocycles. The summed E-state index contributed by atoms with van der Waals surface area (Å²) in [6, 6.07) is 2.42. The molecule has 3 rings (SSSR count). The van der Waals surface area contributed by atoms with E-state index in [4.69, 9.17) is 0 Å². The van der Waals surface area contributed by atoms with Gasteiger partial charge < -0.3 is 5.32 Å². The van der Waals surface area contributed by atoms with Gasteiger partial charge in [0.2, 0.25) is 11.8 Å². The van der Waals surface area contributed by atoms with Gasteiger partial charge >= 0.3 is 0 Å². The summed E-state index contributed by atoms with van der Waals surface area (Å²) in [5.41, 5.74) is -1.12. The van der Waals surface area contributed by atoms with Crippen molar-refractivity contribution in [3.63, 3.8) is 0 Å². The fourth-order valence-electron chi connectivity index (χ4n) is 3.40. The quantitative estimate of drug-likeness (QED) is 0.612. The van der Waals surface area contributed by atoms with E-state index in [9.17, 15) is 18.8 Å². The number of benzene rings is 1. The molecule has 0 saturated carbocycles. The normalized spacial score (nSPS) is 20.5. The number of fused-ring (bicyclic) bond motifs is 1. The van der Waals surface area contributed by atoms with Crippen LogP contribution in [0, 0.1) is 12.7 Å². The summed E-state index contributed by atoms with van der Waals surface area (Å²) >= 11 is 0. The lowest BCUT2D eigenvalue weighted by molar-refractivity contribution is -0.137. The van der Waals surface area contributed by atoms with Crippen LogP contribution in [-0.4, -0.2) is 35.3 Å². The molecule has 1 aromatic carbocycles. The van der Waals surface area contributed by atoms with Crippen molar-refractivity contribution in [1.82, 2.24) is 14.9 Å². The van der Waals surface area contributed by atoms with Crippen molar-refractivity contribution >= 4 is 36.3 Å². The molecule has 1 aliphatic rings. The topological polar surface area (TPSA) is 93.1 Å². The predicted octanol–water partition coefficient (Wildman–Crippen LogP) is 0.387. The molecule has 1 atom stereocenters. The highest BCUT2D eigenvalue weighted by Gasteiger charge is 2.42. The summed E-state index contributed by atoms with van der Waals surface area (Å²) in [4.78, 5) is 41.6. The number of carbonyl (C=O) groups is 2. The molecule has 2 heterocycles. The first kappa shape index (κ1) is 18.1. The number of nitrogens with one attached hydrogen (secondary N) is 2. The van der Waals surface area contributed by atoms with E-state index in [2.05, 4.69) is 15.6 Å². The number of hydrogen-bond donors (Lipinski definition) is 2. The van der Waals surface area contributed by atoms with Crippen LogP contribution in [0.5, 0.6) is 0 Å². The maximum Gasteiger partial charge on any atom is 0.263 e. The third-order valence-electron chi connectivity index (χ3n) is 4.62. The lowest BCUT2D eigenvalue weighted by Crippen LogP contribution is -2.58. The first-order valence-corrected chi connectivity index (χ1v) is 8.47. The molecule has 1 fully saturated rings. The lowest BCUT2D eigenvalue weighted by atomic mass is 9.71. The Kier molecular flexibility index (Phi) is 4.33. The highest BCUT2D eigenvalue weighted by Crippen LogP contribution is 2.27. The van der Waals surface area contributed by atoms with Crippen LogP contribution in [0.1, 0.15) is 32.5 Å². The highest BCUT2D eigenvalue weighted by molar-refractivity contribution is 6.28. The molecule has 0 radical (unpaired) electrons. The second kappa shape index (κ2) is 6.23. The van der Waals surface area contributed by atoms with E-state index in [1.54, 1.807) is 14.8 Å². The molecular formula is C17H20BFN4O3. The number of carbonyl (C=O) groups excluding carboxylic acids is 2. The number of halogens is 1. The van der Waals surface area contributed by atoms with Gasteiger partial charge in [0, 0.05) is 18.5 Å². The van der Waals surface area contributed by atoms with E-state index in [0.29, 0.717) is 5.69 Å². The average Bonchev–Trinajstić information content (AvgIpc) is 2.50. The van der Waals surface area contributed by atoms with Crippen LogP contribution < -0.4 is 16.2 Å². The third kappa shape index (κ3) is 2.87. The minimum absolute atomic E-state index is 0.0275. The highest BCUT2D eigenvalue weighted by atomic mass is 19.1. The fraction of sp³-hybridized carbons (Fsp3) is 0.412. The Balaban J connectivity index is 2.31. The standard InChI is InChI=1S/C17H20BFN4O3/c1-8(2)20-11-6-10(19)7-12-14(11)15(25)23(9(3)21-12)17(18)5-4-13(24)22-16(17)26/h6-8,20H,4-5,18H2,1-3H3,(H,22,24,26)/t17-/m0/s1. The fourth-order valence-corrected chi connectivity index (χ4v) is 3.40. The summed E-state index contributed by atoms with van der Waals surface area (Å²) in [6.07, 6.45) is 0.326.